The molecule has 0 spiro atoms. The zero-order valence-electron chi connectivity index (χ0n) is 12.8. The molecule has 114 valence electrons. The Morgan fingerprint density at radius 3 is 2.80 bits per heavy atom. The standard InChI is InChI=1S/C16H29N3O/c1-2-3-4-5-10-20-16-11-18-19(13-16)12-14-6-8-15(17)9-7-14/h11,13-15H,2-10,12,17H2,1H3. The third kappa shape index (κ3) is 5.16. The molecule has 1 aromatic rings. The molecule has 0 unspecified atom stereocenters. The number of aromatic nitrogens is 2. The fourth-order valence-electron chi connectivity index (χ4n) is 2.87. The topological polar surface area (TPSA) is 53.1 Å². The third-order valence-corrected chi connectivity index (χ3v) is 4.21. The summed E-state index contributed by atoms with van der Waals surface area (Å²) in [5.41, 5.74) is 5.94. The van der Waals surface area contributed by atoms with Gasteiger partial charge in [-0.15, -0.1) is 0 Å². The van der Waals surface area contributed by atoms with Gasteiger partial charge in [0.05, 0.1) is 19.0 Å². The van der Waals surface area contributed by atoms with Crippen LogP contribution in [0.15, 0.2) is 12.4 Å². The highest BCUT2D eigenvalue weighted by Gasteiger charge is 2.19. The molecule has 20 heavy (non-hydrogen) atoms. The van der Waals surface area contributed by atoms with E-state index in [4.69, 9.17) is 10.5 Å². The Bertz CT molecular complexity index is 370. The monoisotopic (exact) mass is 279 g/mol. The molecule has 1 heterocycles. The molecule has 1 aromatic heterocycles. The van der Waals surface area contributed by atoms with E-state index in [-0.39, 0.29) is 0 Å². The Balaban J connectivity index is 1.66. The van der Waals surface area contributed by atoms with E-state index in [0.29, 0.717) is 6.04 Å². The van der Waals surface area contributed by atoms with Crippen LogP contribution in [0.3, 0.4) is 0 Å². The lowest BCUT2D eigenvalue weighted by atomic mass is 9.86. The fourth-order valence-corrected chi connectivity index (χ4v) is 2.87. The SMILES string of the molecule is CCCCCCOc1cnn(CC2CCC(N)CC2)c1. The Hall–Kier alpha value is -1.03. The van der Waals surface area contributed by atoms with Gasteiger partial charge in [0.1, 0.15) is 0 Å². The van der Waals surface area contributed by atoms with Crippen molar-refractivity contribution < 1.29 is 4.74 Å². The van der Waals surface area contributed by atoms with Crippen molar-refractivity contribution in [2.75, 3.05) is 6.61 Å². The highest BCUT2D eigenvalue weighted by atomic mass is 16.5. The molecule has 1 saturated carbocycles. The molecule has 2 rings (SSSR count). The normalized spacial score (nSPS) is 22.9. The van der Waals surface area contributed by atoms with E-state index < -0.39 is 0 Å². The highest BCUT2D eigenvalue weighted by Crippen LogP contribution is 2.24. The summed E-state index contributed by atoms with van der Waals surface area (Å²) in [6, 6.07) is 0.422. The first-order valence-corrected chi connectivity index (χ1v) is 8.18. The Kier molecular flexibility index (Phi) is 6.37. The second-order valence-electron chi connectivity index (χ2n) is 6.09. The maximum atomic E-state index is 5.94. The quantitative estimate of drug-likeness (QED) is 0.742. The van der Waals surface area contributed by atoms with Gasteiger partial charge < -0.3 is 10.5 Å². The number of unbranched alkanes of at least 4 members (excludes halogenated alkanes) is 3. The van der Waals surface area contributed by atoms with Crippen LogP contribution in [0.5, 0.6) is 5.75 Å². The van der Waals surface area contributed by atoms with Crippen molar-refractivity contribution in [2.45, 2.75) is 70.9 Å². The average molecular weight is 279 g/mol. The first kappa shape index (κ1) is 15.4. The molecule has 0 amide bonds. The van der Waals surface area contributed by atoms with Gasteiger partial charge in [-0.05, 0) is 38.0 Å². The molecule has 1 aliphatic rings. The molecule has 4 nitrogen and oxygen atoms in total. The summed E-state index contributed by atoms with van der Waals surface area (Å²) in [7, 11) is 0. The Labute approximate surface area is 122 Å². The molecular formula is C16H29N3O. The molecule has 0 saturated heterocycles. The minimum atomic E-state index is 0.422. The summed E-state index contributed by atoms with van der Waals surface area (Å²) >= 11 is 0. The van der Waals surface area contributed by atoms with Crippen LogP contribution in [-0.2, 0) is 6.54 Å². The van der Waals surface area contributed by atoms with Crippen molar-refractivity contribution >= 4 is 0 Å². The molecule has 0 aliphatic heterocycles. The summed E-state index contributed by atoms with van der Waals surface area (Å²) in [5, 5.41) is 4.40. The van der Waals surface area contributed by atoms with Gasteiger partial charge >= 0.3 is 0 Å². The third-order valence-electron chi connectivity index (χ3n) is 4.21. The zero-order chi connectivity index (χ0) is 14.2. The first-order valence-electron chi connectivity index (χ1n) is 8.18. The first-order chi connectivity index (χ1) is 9.78. The van der Waals surface area contributed by atoms with Gasteiger partial charge in [-0.25, -0.2) is 0 Å². The van der Waals surface area contributed by atoms with Crippen molar-refractivity contribution in [3.63, 3.8) is 0 Å². The number of hydrogen-bond acceptors (Lipinski definition) is 3. The van der Waals surface area contributed by atoms with Gasteiger partial charge in [-0.1, -0.05) is 26.2 Å². The zero-order valence-corrected chi connectivity index (χ0v) is 12.8. The number of rotatable bonds is 8. The van der Waals surface area contributed by atoms with Crippen molar-refractivity contribution in [1.82, 2.24) is 9.78 Å². The molecule has 2 N–H and O–H groups in total. The van der Waals surface area contributed by atoms with E-state index in [1.807, 2.05) is 17.1 Å². The molecular weight excluding hydrogens is 250 g/mol. The largest absolute Gasteiger partial charge is 0.490 e. The van der Waals surface area contributed by atoms with E-state index >= 15 is 0 Å². The maximum Gasteiger partial charge on any atom is 0.157 e. The van der Waals surface area contributed by atoms with Crippen LogP contribution in [0, 0.1) is 5.92 Å². The minimum absolute atomic E-state index is 0.422. The van der Waals surface area contributed by atoms with E-state index in [2.05, 4.69) is 12.0 Å². The van der Waals surface area contributed by atoms with Gasteiger partial charge in [0.25, 0.3) is 0 Å². The second-order valence-corrected chi connectivity index (χ2v) is 6.09. The molecule has 1 aliphatic carbocycles. The minimum Gasteiger partial charge on any atom is -0.490 e. The lowest BCUT2D eigenvalue weighted by molar-refractivity contribution is 0.283. The van der Waals surface area contributed by atoms with Gasteiger partial charge in [0.2, 0.25) is 0 Å². The molecule has 0 bridgehead atoms. The maximum absolute atomic E-state index is 5.94. The van der Waals surface area contributed by atoms with Crippen molar-refractivity contribution in [2.24, 2.45) is 11.7 Å². The van der Waals surface area contributed by atoms with Crippen molar-refractivity contribution in [1.29, 1.82) is 0 Å². The lowest BCUT2D eigenvalue weighted by Gasteiger charge is -2.25. The van der Waals surface area contributed by atoms with Crippen LogP contribution in [0.4, 0.5) is 0 Å². The second kappa shape index (κ2) is 8.30. The molecule has 1 fully saturated rings. The lowest BCUT2D eigenvalue weighted by Crippen LogP contribution is -2.28. The summed E-state index contributed by atoms with van der Waals surface area (Å²) in [5.74, 6) is 1.64. The Morgan fingerprint density at radius 1 is 1.25 bits per heavy atom. The van der Waals surface area contributed by atoms with Crippen LogP contribution in [-0.4, -0.2) is 22.4 Å². The van der Waals surface area contributed by atoms with Crippen LogP contribution in [0.2, 0.25) is 0 Å². The molecule has 4 heteroatoms. The number of hydrogen-bond donors (Lipinski definition) is 1. The van der Waals surface area contributed by atoms with Gasteiger partial charge in [0, 0.05) is 12.6 Å². The predicted molar refractivity (Wildman–Crippen MR) is 81.8 cm³/mol. The summed E-state index contributed by atoms with van der Waals surface area (Å²) in [6.45, 7) is 4.04. The van der Waals surface area contributed by atoms with Crippen LogP contribution < -0.4 is 10.5 Å². The van der Waals surface area contributed by atoms with Crippen molar-refractivity contribution in [3.05, 3.63) is 12.4 Å². The Morgan fingerprint density at radius 2 is 2.05 bits per heavy atom. The van der Waals surface area contributed by atoms with Crippen LogP contribution >= 0.6 is 0 Å². The number of ether oxygens (including phenoxy) is 1. The van der Waals surface area contributed by atoms with E-state index in [1.165, 1.54) is 32.1 Å². The number of nitrogens with zero attached hydrogens (tertiary/aromatic N) is 2. The smallest absolute Gasteiger partial charge is 0.157 e. The summed E-state index contributed by atoms with van der Waals surface area (Å²) in [4.78, 5) is 0. The van der Waals surface area contributed by atoms with Crippen LogP contribution in [0.1, 0.15) is 58.3 Å². The van der Waals surface area contributed by atoms with Crippen molar-refractivity contribution in [3.8, 4) is 5.75 Å². The van der Waals surface area contributed by atoms with E-state index in [9.17, 15) is 0 Å². The van der Waals surface area contributed by atoms with E-state index in [1.54, 1.807) is 0 Å². The predicted octanol–water partition coefficient (Wildman–Crippen LogP) is 3.36. The molecule has 0 radical (unpaired) electrons. The molecule has 0 aromatic carbocycles. The fraction of sp³-hybridized carbons (Fsp3) is 0.812. The highest BCUT2D eigenvalue weighted by molar-refractivity contribution is 5.11. The summed E-state index contributed by atoms with van der Waals surface area (Å²) in [6.07, 6.45) is 13.6. The van der Waals surface area contributed by atoms with E-state index in [0.717, 1.165) is 44.1 Å². The summed E-state index contributed by atoms with van der Waals surface area (Å²) < 4.78 is 7.77. The molecule has 0 atom stereocenters. The van der Waals surface area contributed by atoms with Gasteiger partial charge in [0.15, 0.2) is 5.75 Å². The van der Waals surface area contributed by atoms with Gasteiger partial charge in [-0.3, -0.25) is 4.68 Å². The van der Waals surface area contributed by atoms with Crippen LogP contribution in [0.25, 0.3) is 0 Å². The van der Waals surface area contributed by atoms with Gasteiger partial charge in [-0.2, -0.15) is 5.10 Å². The number of nitrogens with two attached hydrogens (primary N) is 1. The average Bonchev–Trinajstić information content (AvgIpc) is 2.89.